The molecule has 0 aromatic carbocycles. The molecule has 0 saturated carbocycles. The molecule has 0 bridgehead atoms. The molecule has 0 radical (unpaired) electrons. The minimum absolute atomic E-state index is 0.134. The Morgan fingerprint density at radius 3 is 1.19 bits per heavy atom. The average molecular weight is 1010 g/mol. The van der Waals surface area contributed by atoms with E-state index in [1.165, 1.54) is 109 Å². The molecule has 0 saturated heterocycles. The van der Waals surface area contributed by atoms with E-state index in [9.17, 15) is 28.9 Å². The molecule has 0 amide bonds. The molecule has 0 heterocycles. The molecule has 0 spiro atoms. The van der Waals surface area contributed by atoms with Crippen LogP contribution in [-0.2, 0) is 42.2 Å². The number of carbonyl (C=O) groups excluding carboxylic acids is 3. The number of hydrogen-bond donors (Lipinski definition) is 2. The minimum Gasteiger partial charge on any atom is -0.462 e. The molecular formula is C58H105O11P. The van der Waals surface area contributed by atoms with Crippen molar-refractivity contribution in [2.45, 2.75) is 277 Å². The Hall–Kier alpha value is -2.56. The lowest BCUT2D eigenvalue weighted by Crippen LogP contribution is -2.30. The van der Waals surface area contributed by atoms with Crippen LogP contribution in [0.2, 0.25) is 0 Å². The first-order valence-electron chi connectivity index (χ1n) is 28.5. The van der Waals surface area contributed by atoms with Gasteiger partial charge in [0.25, 0.3) is 0 Å². The normalized spacial score (nSPS) is 13.7. The number of allylic oxidation sites excluding steroid dienone is 8. The molecule has 0 aliphatic rings. The Bertz CT molecular complexity index is 1360. The van der Waals surface area contributed by atoms with Crippen molar-refractivity contribution in [1.29, 1.82) is 0 Å². The van der Waals surface area contributed by atoms with Gasteiger partial charge < -0.3 is 24.2 Å². The van der Waals surface area contributed by atoms with E-state index < -0.39 is 57.8 Å². The Kier molecular flexibility index (Phi) is 50.8. The molecule has 408 valence electrons. The number of phosphoric acid groups is 1. The second-order valence-corrected chi connectivity index (χ2v) is 20.5. The largest absolute Gasteiger partial charge is 0.472 e. The van der Waals surface area contributed by atoms with Crippen molar-refractivity contribution in [3.63, 3.8) is 0 Å². The summed E-state index contributed by atoms with van der Waals surface area (Å²) in [6.45, 7) is 4.50. The third kappa shape index (κ3) is 50.4. The molecule has 0 aliphatic heterocycles. The summed E-state index contributed by atoms with van der Waals surface area (Å²) in [6, 6.07) is 0. The van der Waals surface area contributed by atoms with Crippen LogP contribution in [0.1, 0.15) is 265 Å². The first kappa shape index (κ1) is 67.4. The van der Waals surface area contributed by atoms with Gasteiger partial charge in [-0.1, -0.05) is 217 Å². The Labute approximate surface area is 428 Å². The predicted octanol–water partition coefficient (Wildman–Crippen LogP) is 16.6. The van der Waals surface area contributed by atoms with E-state index in [1.807, 2.05) is 0 Å². The lowest BCUT2D eigenvalue weighted by atomic mass is 10.0. The van der Waals surface area contributed by atoms with Gasteiger partial charge in [0.2, 0.25) is 0 Å². The van der Waals surface area contributed by atoms with Gasteiger partial charge in [-0.25, -0.2) is 4.57 Å². The lowest BCUT2D eigenvalue weighted by Gasteiger charge is -2.21. The van der Waals surface area contributed by atoms with E-state index >= 15 is 0 Å². The summed E-state index contributed by atoms with van der Waals surface area (Å²) in [7, 11) is -4.75. The second-order valence-electron chi connectivity index (χ2n) is 19.1. The zero-order valence-electron chi connectivity index (χ0n) is 45.0. The number of unbranched alkanes of at least 4 members (excludes halogenated alkanes) is 28. The van der Waals surface area contributed by atoms with Gasteiger partial charge >= 0.3 is 25.7 Å². The molecule has 3 unspecified atom stereocenters. The van der Waals surface area contributed by atoms with Crippen molar-refractivity contribution in [2.75, 3.05) is 26.4 Å². The van der Waals surface area contributed by atoms with Crippen molar-refractivity contribution in [3.8, 4) is 0 Å². The number of rotatable bonds is 53. The highest BCUT2D eigenvalue weighted by Crippen LogP contribution is 2.43. The topological polar surface area (TPSA) is 155 Å². The van der Waals surface area contributed by atoms with Crippen LogP contribution in [0.5, 0.6) is 0 Å². The van der Waals surface area contributed by atoms with Gasteiger partial charge in [0.05, 0.1) is 19.8 Å². The SMILES string of the molecule is CC/C=C\C/C=C\C/C=C\CCCCCC(=O)OC(COC(=O)CCCCCCCCCCCCCCCCCCC)COP(=O)(O)OCC(CO)OC(=O)CCCCCCC/C=C\CCCCCC. The van der Waals surface area contributed by atoms with Crippen LogP contribution >= 0.6 is 7.82 Å². The summed E-state index contributed by atoms with van der Waals surface area (Å²) >= 11 is 0. The standard InChI is InChI=1S/C58H105O11P/c1-4-7-10-13-16-19-22-25-26-27-28-31-32-35-38-41-44-47-56(60)65-51-55(69-58(62)49-46-43-40-37-34-30-24-21-18-15-12-9-6-3)53-67-70(63,64)66-52-54(50-59)68-57(61)48-45-42-39-36-33-29-23-20-17-14-11-8-5-2/h9,12,18,20-21,23,30,34,54-55,59H,4-8,10-11,13-17,19,22,24-29,31-33,35-53H2,1-3H3,(H,63,64)/b12-9-,21-18-,23-20-,34-30-. The maximum absolute atomic E-state index is 12.9. The summed E-state index contributed by atoms with van der Waals surface area (Å²) in [5.41, 5.74) is 0. The number of phosphoric ester groups is 1. The monoisotopic (exact) mass is 1010 g/mol. The molecule has 3 atom stereocenters. The van der Waals surface area contributed by atoms with Crippen LogP contribution < -0.4 is 0 Å². The van der Waals surface area contributed by atoms with Crippen molar-refractivity contribution in [2.24, 2.45) is 0 Å². The molecule has 2 N–H and O–H groups in total. The van der Waals surface area contributed by atoms with Crippen LogP contribution in [0.15, 0.2) is 48.6 Å². The Balaban J connectivity index is 4.71. The predicted molar refractivity (Wildman–Crippen MR) is 289 cm³/mol. The number of aliphatic hydroxyl groups excluding tert-OH is 1. The third-order valence-corrected chi connectivity index (χ3v) is 13.2. The average Bonchev–Trinajstić information content (AvgIpc) is 3.35. The zero-order chi connectivity index (χ0) is 51.3. The van der Waals surface area contributed by atoms with E-state index in [0.29, 0.717) is 19.3 Å². The summed E-state index contributed by atoms with van der Waals surface area (Å²) in [5, 5.41) is 9.79. The van der Waals surface area contributed by atoms with Gasteiger partial charge in [-0.15, -0.1) is 0 Å². The summed E-state index contributed by atoms with van der Waals surface area (Å²) in [5.74, 6) is -1.50. The molecule has 0 rings (SSSR count). The molecular weight excluding hydrogens is 904 g/mol. The second kappa shape index (κ2) is 52.8. The molecule has 0 aromatic heterocycles. The Morgan fingerprint density at radius 2 is 0.743 bits per heavy atom. The molecule has 0 aromatic rings. The molecule has 70 heavy (non-hydrogen) atoms. The van der Waals surface area contributed by atoms with Gasteiger partial charge in [-0.3, -0.25) is 23.4 Å². The fraction of sp³-hybridized carbons (Fsp3) is 0.810. The van der Waals surface area contributed by atoms with Crippen LogP contribution in [0.4, 0.5) is 0 Å². The number of aliphatic hydroxyl groups is 1. The maximum Gasteiger partial charge on any atom is 0.472 e. The van der Waals surface area contributed by atoms with Crippen LogP contribution in [0.3, 0.4) is 0 Å². The summed E-state index contributed by atoms with van der Waals surface area (Å²) < 4.78 is 39.4. The zero-order valence-corrected chi connectivity index (χ0v) is 45.9. The van der Waals surface area contributed by atoms with Crippen molar-refractivity contribution in [3.05, 3.63) is 48.6 Å². The highest BCUT2D eigenvalue weighted by molar-refractivity contribution is 7.47. The Morgan fingerprint density at radius 1 is 0.414 bits per heavy atom. The number of hydrogen-bond acceptors (Lipinski definition) is 10. The fourth-order valence-corrected chi connectivity index (χ4v) is 8.68. The number of ether oxygens (including phenoxy) is 3. The van der Waals surface area contributed by atoms with Gasteiger partial charge in [0.15, 0.2) is 6.10 Å². The quantitative estimate of drug-likeness (QED) is 0.0197. The van der Waals surface area contributed by atoms with Crippen LogP contribution in [0.25, 0.3) is 0 Å². The first-order valence-corrected chi connectivity index (χ1v) is 30.0. The van der Waals surface area contributed by atoms with E-state index in [0.717, 1.165) is 96.3 Å². The molecule has 0 fully saturated rings. The van der Waals surface area contributed by atoms with Gasteiger partial charge in [0.1, 0.15) is 12.7 Å². The van der Waals surface area contributed by atoms with Crippen LogP contribution in [0, 0.1) is 0 Å². The smallest absolute Gasteiger partial charge is 0.462 e. The minimum atomic E-state index is -4.75. The highest BCUT2D eigenvalue weighted by Gasteiger charge is 2.28. The van der Waals surface area contributed by atoms with E-state index in [2.05, 4.69) is 69.4 Å². The number of esters is 3. The lowest BCUT2D eigenvalue weighted by molar-refractivity contribution is -0.161. The summed E-state index contributed by atoms with van der Waals surface area (Å²) in [4.78, 5) is 48.4. The summed E-state index contributed by atoms with van der Waals surface area (Å²) in [6.07, 6.45) is 55.1. The van der Waals surface area contributed by atoms with E-state index in [-0.39, 0.29) is 25.9 Å². The van der Waals surface area contributed by atoms with Crippen LogP contribution in [-0.4, -0.2) is 66.5 Å². The van der Waals surface area contributed by atoms with E-state index in [1.54, 1.807) is 0 Å². The van der Waals surface area contributed by atoms with Gasteiger partial charge in [-0.05, 0) is 77.0 Å². The molecule has 11 nitrogen and oxygen atoms in total. The first-order chi connectivity index (χ1) is 34.2. The van der Waals surface area contributed by atoms with Crippen molar-refractivity contribution >= 4 is 25.7 Å². The molecule has 12 heteroatoms. The fourth-order valence-electron chi connectivity index (χ4n) is 7.90. The van der Waals surface area contributed by atoms with Crippen molar-refractivity contribution in [1.82, 2.24) is 0 Å². The third-order valence-electron chi connectivity index (χ3n) is 12.2. The highest BCUT2D eigenvalue weighted by atomic mass is 31.2. The maximum atomic E-state index is 12.9. The van der Waals surface area contributed by atoms with E-state index in [4.69, 9.17) is 23.3 Å². The van der Waals surface area contributed by atoms with Crippen molar-refractivity contribution < 1.29 is 52.2 Å². The molecule has 0 aliphatic carbocycles. The number of carbonyl (C=O) groups is 3. The van der Waals surface area contributed by atoms with Gasteiger partial charge in [0, 0.05) is 19.3 Å². The van der Waals surface area contributed by atoms with Gasteiger partial charge in [-0.2, -0.15) is 0 Å².